The summed E-state index contributed by atoms with van der Waals surface area (Å²) in [6, 6.07) is 15.9. The van der Waals surface area contributed by atoms with Gasteiger partial charge in [0.2, 0.25) is 0 Å². The Morgan fingerprint density at radius 3 is 1.68 bits per heavy atom. The third kappa shape index (κ3) is 3.29. The van der Waals surface area contributed by atoms with Gasteiger partial charge in [-0.2, -0.15) is 0 Å². The second-order valence-electron chi connectivity index (χ2n) is 5.30. The van der Waals surface area contributed by atoms with Crippen molar-refractivity contribution in [3.63, 3.8) is 0 Å². The van der Waals surface area contributed by atoms with Crippen LogP contribution in [-0.4, -0.2) is 15.0 Å². The molecule has 0 radical (unpaired) electrons. The number of halogens is 2. The molecule has 25 heavy (non-hydrogen) atoms. The second-order valence-corrected chi connectivity index (χ2v) is 6.25. The molecule has 6 heteroatoms. The van der Waals surface area contributed by atoms with E-state index in [-0.39, 0.29) is 11.6 Å². The van der Waals surface area contributed by atoms with E-state index in [2.05, 4.69) is 15.0 Å². The number of nitrogens with zero attached hydrogens (tertiary/aromatic N) is 3. The lowest BCUT2D eigenvalue weighted by Crippen LogP contribution is -1.99. The van der Waals surface area contributed by atoms with Gasteiger partial charge in [-0.3, -0.25) is 0 Å². The van der Waals surface area contributed by atoms with Crippen molar-refractivity contribution in [3.8, 4) is 33.5 Å². The Kier molecular flexibility index (Phi) is 4.03. The van der Waals surface area contributed by atoms with Crippen LogP contribution in [-0.2, 0) is 0 Å². The monoisotopic (exact) mass is 351 g/mol. The highest BCUT2D eigenvalue weighted by molar-refractivity contribution is 7.13. The third-order valence-corrected chi connectivity index (χ3v) is 4.41. The zero-order valence-electron chi connectivity index (χ0n) is 12.9. The largest absolute Gasteiger partial charge is 0.208 e. The van der Waals surface area contributed by atoms with E-state index in [1.807, 2.05) is 17.5 Å². The minimum atomic E-state index is -0.372. The summed E-state index contributed by atoms with van der Waals surface area (Å²) in [5.41, 5.74) is 1.08. The van der Waals surface area contributed by atoms with E-state index in [1.165, 1.54) is 35.6 Å². The van der Waals surface area contributed by atoms with E-state index in [4.69, 9.17) is 0 Å². The van der Waals surface area contributed by atoms with Gasteiger partial charge in [0.25, 0.3) is 0 Å². The highest BCUT2D eigenvalue weighted by Gasteiger charge is 2.13. The molecule has 4 rings (SSSR count). The third-order valence-electron chi connectivity index (χ3n) is 3.54. The maximum absolute atomic E-state index is 13.6. The van der Waals surface area contributed by atoms with Gasteiger partial charge in [-0.05, 0) is 35.7 Å². The van der Waals surface area contributed by atoms with Crippen LogP contribution in [0.3, 0.4) is 0 Å². The normalized spacial score (nSPS) is 10.8. The van der Waals surface area contributed by atoms with Crippen molar-refractivity contribution in [2.24, 2.45) is 0 Å². The topological polar surface area (TPSA) is 38.7 Å². The fraction of sp³-hybridized carbons (Fsp3) is 0. The number of thiophene rings is 1. The van der Waals surface area contributed by atoms with E-state index < -0.39 is 0 Å². The van der Waals surface area contributed by atoms with Crippen molar-refractivity contribution in [1.29, 1.82) is 0 Å². The summed E-state index contributed by atoms with van der Waals surface area (Å²) in [5, 5.41) is 1.92. The first-order chi connectivity index (χ1) is 12.2. The first-order valence-corrected chi connectivity index (χ1v) is 8.39. The van der Waals surface area contributed by atoms with Crippen LogP contribution in [0.1, 0.15) is 0 Å². The number of hydrogen-bond acceptors (Lipinski definition) is 4. The Balaban J connectivity index is 1.92. The lowest BCUT2D eigenvalue weighted by molar-refractivity contribution is 0.628. The van der Waals surface area contributed by atoms with Crippen molar-refractivity contribution in [3.05, 3.63) is 77.7 Å². The molecule has 2 heterocycles. The molecule has 122 valence electrons. The summed E-state index contributed by atoms with van der Waals surface area (Å²) >= 11 is 1.49. The summed E-state index contributed by atoms with van der Waals surface area (Å²) in [4.78, 5) is 14.2. The van der Waals surface area contributed by atoms with Crippen LogP contribution in [0.15, 0.2) is 66.0 Å². The fourth-order valence-corrected chi connectivity index (χ4v) is 3.06. The van der Waals surface area contributed by atoms with Gasteiger partial charge in [0, 0.05) is 11.1 Å². The molecule has 2 aromatic heterocycles. The van der Waals surface area contributed by atoms with Crippen LogP contribution in [0.5, 0.6) is 0 Å². The first-order valence-electron chi connectivity index (χ1n) is 7.51. The Morgan fingerprint density at radius 1 is 0.640 bits per heavy atom. The van der Waals surface area contributed by atoms with Crippen molar-refractivity contribution >= 4 is 11.3 Å². The van der Waals surface area contributed by atoms with Crippen LogP contribution >= 0.6 is 11.3 Å². The molecule has 0 N–H and O–H groups in total. The summed E-state index contributed by atoms with van der Waals surface area (Å²) < 4.78 is 27.2. The zero-order chi connectivity index (χ0) is 17.2. The highest BCUT2D eigenvalue weighted by Crippen LogP contribution is 2.27. The Bertz CT molecular complexity index is 969. The molecule has 0 amide bonds. The molecule has 0 saturated heterocycles. The standard InChI is InChI=1S/C19H11F2N3S/c20-14-6-1-4-12(10-14)17-22-18(13-5-2-7-15(21)11-13)24-19(23-17)16-8-3-9-25-16/h1-11H. The van der Waals surface area contributed by atoms with Crippen LogP contribution in [0.25, 0.3) is 33.5 Å². The number of rotatable bonds is 3. The average molecular weight is 351 g/mol. The summed E-state index contributed by atoms with van der Waals surface area (Å²) in [5.74, 6) is 0.420. The molecule has 0 bridgehead atoms. The summed E-state index contributed by atoms with van der Waals surface area (Å²) in [6.45, 7) is 0. The van der Waals surface area contributed by atoms with Gasteiger partial charge in [-0.15, -0.1) is 11.3 Å². The van der Waals surface area contributed by atoms with Crippen molar-refractivity contribution in [2.45, 2.75) is 0 Å². The van der Waals surface area contributed by atoms with Gasteiger partial charge in [0.05, 0.1) is 4.88 Å². The lowest BCUT2D eigenvalue weighted by atomic mass is 10.2. The number of benzene rings is 2. The van der Waals surface area contributed by atoms with E-state index >= 15 is 0 Å². The van der Waals surface area contributed by atoms with E-state index in [0.717, 1.165) is 4.88 Å². The van der Waals surface area contributed by atoms with Gasteiger partial charge < -0.3 is 0 Å². The molecular formula is C19H11F2N3S. The van der Waals surface area contributed by atoms with Gasteiger partial charge in [0.15, 0.2) is 17.5 Å². The van der Waals surface area contributed by atoms with Crippen LogP contribution in [0, 0.1) is 11.6 Å². The molecule has 4 aromatic rings. The predicted octanol–water partition coefficient (Wildman–Crippen LogP) is 5.21. The zero-order valence-corrected chi connectivity index (χ0v) is 13.7. The molecule has 0 fully saturated rings. The molecule has 0 aliphatic heterocycles. The molecule has 0 spiro atoms. The molecule has 0 aliphatic rings. The Labute approximate surface area is 146 Å². The van der Waals surface area contributed by atoms with Crippen molar-refractivity contribution in [1.82, 2.24) is 15.0 Å². The second kappa shape index (κ2) is 6.49. The maximum atomic E-state index is 13.6. The highest BCUT2D eigenvalue weighted by atomic mass is 32.1. The molecule has 2 aromatic carbocycles. The lowest BCUT2D eigenvalue weighted by Gasteiger charge is -2.07. The van der Waals surface area contributed by atoms with Crippen molar-refractivity contribution in [2.75, 3.05) is 0 Å². The Morgan fingerprint density at radius 2 is 1.20 bits per heavy atom. The molecule has 0 atom stereocenters. The fourth-order valence-electron chi connectivity index (χ4n) is 2.41. The minimum absolute atomic E-state index is 0.345. The first kappa shape index (κ1) is 15.5. The van der Waals surface area contributed by atoms with Gasteiger partial charge in [-0.1, -0.05) is 30.3 Å². The molecule has 0 saturated carbocycles. The quantitative estimate of drug-likeness (QED) is 0.508. The summed E-state index contributed by atoms with van der Waals surface area (Å²) in [6.07, 6.45) is 0. The van der Waals surface area contributed by atoms with Gasteiger partial charge in [0.1, 0.15) is 11.6 Å². The maximum Gasteiger partial charge on any atom is 0.174 e. The Hall–Kier alpha value is -2.99. The SMILES string of the molecule is Fc1cccc(-c2nc(-c3cccc(F)c3)nc(-c3cccs3)n2)c1. The average Bonchev–Trinajstić information content (AvgIpc) is 3.16. The minimum Gasteiger partial charge on any atom is -0.208 e. The van der Waals surface area contributed by atoms with E-state index in [1.54, 1.807) is 24.3 Å². The van der Waals surface area contributed by atoms with Crippen LogP contribution < -0.4 is 0 Å². The molecule has 0 unspecified atom stereocenters. The van der Waals surface area contributed by atoms with Gasteiger partial charge >= 0.3 is 0 Å². The smallest absolute Gasteiger partial charge is 0.174 e. The molecular weight excluding hydrogens is 340 g/mol. The van der Waals surface area contributed by atoms with E-state index in [9.17, 15) is 8.78 Å². The summed E-state index contributed by atoms with van der Waals surface area (Å²) in [7, 11) is 0. The van der Waals surface area contributed by atoms with Crippen LogP contribution in [0.2, 0.25) is 0 Å². The molecule has 3 nitrogen and oxygen atoms in total. The molecule has 0 aliphatic carbocycles. The van der Waals surface area contributed by atoms with E-state index in [0.29, 0.717) is 28.6 Å². The number of hydrogen-bond donors (Lipinski definition) is 0. The number of aromatic nitrogens is 3. The predicted molar refractivity (Wildman–Crippen MR) is 93.9 cm³/mol. The van der Waals surface area contributed by atoms with Gasteiger partial charge in [-0.25, -0.2) is 23.7 Å². The van der Waals surface area contributed by atoms with Crippen LogP contribution in [0.4, 0.5) is 8.78 Å². The van der Waals surface area contributed by atoms with Crippen molar-refractivity contribution < 1.29 is 8.78 Å².